The zero-order valence-corrected chi connectivity index (χ0v) is 8.95. The lowest BCUT2D eigenvalue weighted by atomic mass is 10.3. The van der Waals surface area contributed by atoms with Crippen molar-refractivity contribution in [2.24, 2.45) is 0 Å². The molecule has 1 nitrogen and oxygen atoms in total. The molecule has 0 spiro atoms. The highest BCUT2D eigenvalue weighted by molar-refractivity contribution is 8.24. The molecule has 1 rings (SSSR count). The Hall–Kier alpha value is 0.330. The SMILES string of the molecule is CCCCN1C(=S)CSC1=S. The second-order valence-corrected chi connectivity index (χ2v) is 4.53. The number of nitrogens with zero attached hydrogens (tertiary/aromatic N) is 1. The lowest BCUT2D eigenvalue weighted by Gasteiger charge is -2.15. The molecule has 0 atom stereocenters. The van der Waals surface area contributed by atoms with Gasteiger partial charge in [0.25, 0.3) is 0 Å². The summed E-state index contributed by atoms with van der Waals surface area (Å²) in [6, 6.07) is 0. The quantitative estimate of drug-likeness (QED) is 0.651. The van der Waals surface area contributed by atoms with Gasteiger partial charge in [0.05, 0.1) is 10.7 Å². The molecule has 0 aromatic rings. The Balaban J connectivity index is 2.41. The van der Waals surface area contributed by atoms with E-state index in [0.717, 1.165) is 21.6 Å². The monoisotopic (exact) mass is 205 g/mol. The van der Waals surface area contributed by atoms with E-state index in [1.807, 2.05) is 0 Å². The van der Waals surface area contributed by atoms with Gasteiger partial charge in [0, 0.05) is 6.54 Å². The van der Waals surface area contributed by atoms with E-state index in [1.54, 1.807) is 11.8 Å². The predicted octanol–water partition coefficient (Wildman–Crippen LogP) is 2.45. The summed E-state index contributed by atoms with van der Waals surface area (Å²) in [6.07, 6.45) is 2.38. The fourth-order valence-electron chi connectivity index (χ4n) is 0.913. The summed E-state index contributed by atoms with van der Waals surface area (Å²) in [5.74, 6) is 0.915. The van der Waals surface area contributed by atoms with Gasteiger partial charge in [-0.15, -0.1) is 0 Å². The first-order valence-electron chi connectivity index (χ1n) is 3.73. The van der Waals surface area contributed by atoms with E-state index in [-0.39, 0.29) is 0 Å². The molecule has 0 bridgehead atoms. The van der Waals surface area contributed by atoms with Gasteiger partial charge in [-0.1, -0.05) is 49.5 Å². The summed E-state index contributed by atoms with van der Waals surface area (Å²) < 4.78 is 0.962. The average molecular weight is 205 g/mol. The Kier molecular flexibility index (Phi) is 3.75. The third kappa shape index (κ3) is 2.39. The molecule has 62 valence electrons. The van der Waals surface area contributed by atoms with Gasteiger partial charge < -0.3 is 4.90 Å². The molecule has 0 saturated carbocycles. The Morgan fingerprint density at radius 2 is 2.27 bits per heavy atom. The van der Waals surface area contributed by atoms with Crippen molar-refractivity contribution >= 4 is 45.5 Å². The normalized spacial score (nSPS) is 18.1. The van der Waals surface area contributed by atoms with Crippen molar-refractivity contribution in [1.29, 1.82) is 0 Å². The van der Waals surface area contributed by atoms with Crippen LogP contribution in [0.2, 0.25) is 0 Å². The highest BCUT2D eigenvalue weighted by Gasteiger charge is 2.21. The summed E-state index contributed by atoms with van der Waals surface area (Å²) >= 11 is 12.0. The fourth-order valence-corrected chi connectivity index (χ4v) is 2.53. The molecule has 0 aromatic carbocycles. The second-order valence-electron chi connectivity index (χ2n) is 2.45. The molecule has 0 unspecified atom stereocenters. The first kappa shape index (κ1) is 9.42. The van der Waals surface area contributed by atoms with Crippen molar-refractivity contribution in [2.75, 3.05) is 12.3 Å². The fraction of sp³-hybridized carbons (Fsp3) is 0.714. The average Bonchev–Trinajstić information content (AvgIpc) is 2.29. The van der Waals surface area contributed by atoms with Gasteiger partial charge in [0.2, 0.25) is 0 Å². The van der Waals surface area contributed by atoms with Crippen LogP contribution in [0.3, 0.4) is 0 Å². The van der Waals surface area contributed by atoms with Gasteiger partial charge in [-0.25, -0.2) is 0 Å². The maximum Gasteiger partial charge on any atom is 0.141 e. The number of rotatable bonds is 3. The molecule has 0 aromatic heterocycles. The standard InChI is InChI=1S/C7H11NS3/c1-2-3-4-8-6(9)5-11-7(8)10/h2-5H2,1H3. The molecule has 0 N–H and O–H groups in total. The molecule has 0 amide bonds. The van der Waals surface area contributed by atoms with Crippen molar-refractivity contribution in [2.45, 2.75) is 19.8 Å². The molecule has 1 heterocycles. The molecule has 1 aliphatic rings. The Morgan fingerprint density at radius 1 is 1.55 bits per heavy atom. The molecule has 0 radical (unpaired) electrons. The summed E-state index contributed by atoms with van der Waals surface area (Å²) in [5, 5.41) is 0. The largest absolute Gasteiger partial charge is 0.321 e. The first-order chi connectivity index (χ1) is 5.25. The smallest absolute Gasteiger partial charge is 0.141 e. The van der Waals surface area contributed by atoms with Crippen LogP contribution in [0.5, 0.6) is 0 Å². The molecular weight excluding hydrogens is 194 g/mol. The van der Waals surface area contributed by atoms with Crippen molar-refractivity contribution in [3.8, 4) is 0 Å². The first-order valence-corrected chi connectivity index (χ1v) is 5.53. The van der Waals surface area contributed by atoms with Gasteiger partial charge in [0.15, 0.2) is 0 Å². The van der Waals surface area contributed by atoms with Crippen molar-refractivity contribution < 1.29 is 0 Å². The van der Waals surface area contributed by atoms with Gasteiger partial charge in [-0.05, 0) is 6.42 Å². The molecular formula is C7H11NS3. The number of thioether (sulfide) groups is 1. The number of thiocarbonyl (C=S) groups is 2. The van der Waals surface area contributed by atoms with Crippen LogP contribution in [0.25, 0.3) is 0 Å². The lowest BCUT2D eigenvalue weighted by molar-refractivity contribution is 0.593. The van der Waals surface area contributed by atoms with E-state index in [4.69, 9.17) is 24.4 Å². The van der Waals surface area contributed by atoms with E-state index >= 15 is 0 Å². The summed E-state index contributed by atoms with van der Waals surface area (Å²) in [7, 11) is 0. The second kappa shape index (κ2) is 4.38. The van der Waals surface area contributed by atoms with Crippen LogP contribution >= 0.6 is 36.2 Å². The number of hydrogen-bond acceptors (Lipinski definition) is 3. The van der Waals surface area contributed by atoms with Crippen LogP contribution in [0.1, 0.15) is 19.8 Å². The van der Waals surface area contributed by atoms with Crippen LogP contribution in [0.4, 0.5) is 0 Å². The van der Waals surface area contributed by atoms with Gasteiger partial charge >= 0.3 is 0 Å². The number of hydrogen-bond donors (Lipinski definition) is 0. The van der Waals surface area contributed by atoms with E-state index in [0.29, 0.717) is 0 Å². The van der Waals surface area contributed by atoms with E-state index < -0.39 is 0 Å². The lowest BCUT2D eigenvalue weighted by Crippen LogP contribution is -2.27. The zero-order valence-electron chi connectivity index (χ0n) is 6.50. The van der Waals surface area contributed by atoms with E-state index in [9.17, 15) is 0 Å². The summed E-state index contributed by atoms with van der Waals surface area (Å²) in [4.78, 5) is 3.09. The zero-order chi connectivity index (χ0) is 8.27. The van der Waals surface area contributed by atoms with Crippen LogP contribution in [0, 0.1) is 0 Å². The minimum atomic E-state index is 0.915. The molecule has 1 saturated heterocycles. The molecule has 1 aliphatic heterocycles. The highest BCUT2D eigenvalue weighted by atomic mass is 32.2. The van der Waals surface area contributed by atoms with Crippen molar-refractivity contribution in [1.82, 2.24) is 4.90 Å². The minimum absolute atomic E-state index is 0.915. The predicted molar refractivity (Wildman–Crippen MR) is 59.3 cm³/mol. The summed E-state index contributed by atoms with van der Waals surface area (Å²) in [6.45, 7) is 3.19. The van der Waals surface area contributed by atoms with Crippen LogP contribution in [0.15, 0.2) is 0 Å². The third-order valence-corrected chi connectivity index (χ3v) is 3.58. The molecule has 11 heavy (non-hydrogen) atoms. The number of unbranched alkanes of at least 4 members (excludes halogenated alkanes) is 1. The molecule has 0 aliphatic carbocycles. The highest BCUT2D eigenvalue weighted by Crippen LogP contribution is 2.20. The van der Waals surface area contributed by atoms with E-state index in [1.165, 1.54) is 12.8 Å². The van der Waals surface area contributed by atoms with Gasteiger partial charge in [-0.2, -0.15) is 0 Å². The van der Waals surface area contributed by atoms with Crippen LogP contribution in [-0.4, -0.2) is 26.5 Å². The maximum atomic E-state index is 5.15. The van der Waals surface area contributed by atoms with Gasteiger partial charge in [0.1, 0.15) is 4.32 Å². The Labute approximate surface area is 82.5 Å². The van der Waals surface area contributed by atoms with Gasteiger partial charge in [-0.3, -0.25) is 0 Å². The maximum absolute atomic E-state index is 5.15. The van der Waals surface area contributed by atoms with Crippen LogP contribution < -0.4 is 0 Å². The molecule has 1 fully saturated rings. The summed E-state index contributed by atoms with van der Waals surface area (Å²) in [5.41, 5.74) is 0. The van der Waals surface area contributed by atoms with Crippen molar-refractivity contribution in [3.63, 3.8) is 0 Å². The third-order valence-electron chi connectivity index (χ3n) is 1.58. The topological polar surface area (TPSA) is 3.24 Å². The Bertz CT molecular complexity index is 163. The minimum Gasteiger partial charge on any atom is -0.321 e. The molecule has 4 heteroatoms. The Morgan fingerprint density at radius 3 is 2.73 bits per heavy atom. The van der Waals surface area contributed by atoms with Crippen LogP contribution in [-0.2, 0) is 0 Å². The van der Waals surface area contributed by atoms with Crippen molar-refractivity contribution in [3.05, 3.63) is 0 Å². The van der Waals surface area contributed by atoms with E-state index in [2.05, 4.69) is 11.8 Å².